The SMILES string of the molecule is COC(C)C(=O)N1CCN(C2CNC2)CC1. The maximum Gasteiger partial charge on any atom is 0.251 e. The van der Waals surface area contributed by atoms with E-state index in [9.17, 15) is 4.79 Å². The van der Waals surface area contributed by atoms with Crippen molar-refractivity contribution in [1.29, 1.82) is 0 Å². The van der Waals surface area contributed by atoms with Crippen LogP contribution in [-0.4, -0.2) is 74.2 Å². The summed E-state index contributed by atoms with van der Waals surface area (Å²) in [6.45, 7) is 7.67. The lowest BCUT2D eigenvalue weighted by molar-refractivity contribution is -0.143. The van der Waals surface area contributed by atoms with Gasteiger partial charge < -0.3 is 15.0 Å². The number of nitrogens with zero attached hydrogens (tertiary/aromatic N) is 2. The molecule has 92 valence electrons. The van der Waals surface area contributed by atoms with Gasteiger partial charge in [-0.05, 0) is 6.92 Å². The minimum Gasteiger partial charge on any atom is -0.372 e. The molecule has 0 bridgehead atoms. The number of carbonyl (C=O) groups excluding carboxylic acids is 1. The van der Waals surface area contributed by atoms with Crippen molar-refractivity contribution in [1.82, 2.24) is 15.1 Å². The Morgan fingerprint density at radius 3 is 2.38 bits per heavy atom. The molecule has 2 rings (SSSR count). The summed E-state index contributed by atoms with van der Waals surface area (Å²) in [5.74, 6) is 0.119. The average molecular weight is 227 g/mol. The summed E-state index contributed by atoms with van der Waals surface area (Å²) in [4.78, 5) is 16.2. The molecule has 5 nitrogen and oxygen atoms in total. The predicted octanol–water partition coefficient (Wildman–Crippen LogP) is -0.863. The number of rotatable bonds is 3. The summed E-state index contributed by atoms with van der Waals surface area (Å²) in [5.41, 5.74) is 0. The Balaban J connectivity index is 1.77. The van der Waals surface area contributed by atoms with Crippen molar-refractivity contribution in [2.24, 2.45) is 0 Å². The monoisotopic (exact) mass is 227 g/mol. The quantitative estimate of drug-likeness (QED) is 0.681. The summed E-state index contributed by atoms with van der Waals surface area (Å²) < 4.78 is 5.06. The standard InChI is InChI=1S/C11H21N3O2/c1-9(16-2)11(15)14-5-3-13(4-6-14)10-7-12-8-10/h9-10,12H,3-8H2,1-2H3. The molecule has 2 saturated heterocycles. The van der Waals surface area contributed by atoms with Crippen molar-refractivity contribution < 1.29 is 9.53 Å². The normalized spacial score (nSPS) is 25.2. The van der Waals surface area contributed by atoms with Crippen molar-refractivity contribution >= 4 is 5.91 Å². The van der Waals surface area contributed by atoms with Crippen LogP contribution in [0, 0.1) is 0 Å². The lowest BCUT2D eigenvalue weighted by Gasteiger charge is -2.43. The molecule has 5 heteroatoms. The zero-order valence-electron chi connectivity index (χ0n) is 10.1. The molecule has 1 atom stereocenters. The highest BCUT2D eigenvalue weighted by molar-refractivity contribution is 5.80. The lowest BCUT2D eigenvalue weighted by atomic mass is 10.1. The van der Waals surface area contributed by atoms with Gasteiger partial charge in [0.1, 0.15) is 6.10 Å². The van der Waals surface area contributed by atoms with Gasteiger partial charge >= 0.3 is 0 Å². The van der Waals surface area contributed by atoms with Crippen LogP contribution in [0.2, 0.25) is 0 Å². The number of nitrogens with one attached hydrogen (secondary N) is 1. The van der Waals surface area contributed by atoms with Gasteiger partial charge in [-0.25, -0.2) is 0 Å². The molecule has 0 aromatic rings. The summed E-state index contributed by atoms with van der Waals surface area (Å²) in [5, 5.41) is 3.28. The lowest BCUT2D eigenvalue weighted by Crippen LogP contribution is -2.62. The Morgan fingerprint density at radius 2 is 1.94 bits per heavy atom. The third-order valence-electron chi connectivity index (χ3n) is 3.60. The maximum absolute atomic E-state index is 11.9. The number of methoxy groups -OCH3 is 1. The highest BCUT2D eigenvalue weighted by atomic mass is 16.5. The van der Waals surface area contributed by atoms with Crippen LogP contribution < -0.4 is 5.32 Å². The molecule has 0 aromatic heterocycles. The van der Waals surface area contributed by atoms with Crippen molar-refractivity contribution in [2.45, 2.75) is 19.1 Å². The van der Waals surface area contributed by atoms with E-state index in [1.54, 1.807) is 7.11 Å². The second kappa shape index (κ2) is 5.12. The fourth-order valence-electron chi connectivity index (χ4n) is 2.20. The largest absolute Gasteiger partial charge is 0.372 e. The van der Waals surface area contributed by atoms with Crippen LogP contribution in [-0.2, 0) is 9.53 Å². The Kier molecular flexibility index (Phi) is 3.78. The van der Waals surface area contributed by atoms with Gasteiger partial charge in [0.05, 0.1) is 0 Å². The predicted molar refractivity (Wildman–Crippen MR) is 61.3 cm³/mol. The van der Waals surface area contributed by atoms with Gasteiger partial charge in [-0.3, -0.25) is 9.69 Å². The van der Waals surface area contributed by atoms with E-state index in [0.29, 0.717) is 6.04 Å². The molecule has 2 aliphatic rings. The van der Waals surface area contributed by atoms with Crippen LogP contribution in [0.25, 0.3) is 0 Å². The number of hydrogen-bond acceptors (Lipinski definition) is 4. The zero-order chi connectivity index (χ0) is 11.5. The first kappa shape index (κ1) is 11.8. The van der Waals surface area contributed by atoms with Gasteiger partial charge in [0, 0.05) is 52.4 Å². The van der Waals surface area contributed by atoms with Crippen molar-refractivity contribution in [3.8, 4) is 0 Å². The second-order valence-electron chi connectivity index (χ2n) is 4.55. The summed E-state index contributed by atoms with van der Waals surface area (Å²) in [6.07, 6.45) is -0.308. The molecular formula is C11H21N3O2. The molecule has 0 spiro atoms. The Bertz CT molecular complexity index is 248. The number of hydrogen-bond donors (Lipinski definition) is 1. The van der Waals surface area contributed by atoms with E-state index >= 15 is 0 Å². The molecule has 16 heavy (non-hydrogen) atoms. The number of ether oxygens (including phenoxy) is 1. The number of amides is 1. The van der Waals surface area contributed by atoms with Gasteiger partial charge in [-0.1, -0.05) is 0 Å². The highest BCUT2D eigenvalue weighted by Gasteiger charge is 2.30. The van der Waals surface area contributed by atoms with E-state index < -0.39 is 0 Å². The van der Waals surface area contributed by atoms with Gasteiger partial charge in [0.25, 0.3) is 5.91 Å². The molecule has 1 amide bonds. The van der Waals surface area contributed by atoms with Crippen LogP contribution in [0.15, 0.2) is 0 Å². The molecule has 0 radical (unpaired) electrons. The summed E-state index contributed by atoms with van der Waals surface area (Å²) in [7, 11) is 1.58. The van der Waals surface area contributed by atoms with Gasteiger partial charge in [0.2, 0.25) is 0 Å². The van der Waals surface area contributed by atoms with E-state index in [1.807, 2.05) is 11.8 Å². The average Bonchev–Trinajstić information content (AvgIpc) is 2.26. The third kappa shape index (κ3) is 2.36. The van der Waals surface area contributed by atoms with E-state index in [1.165, 1.54) is 0 Å². The van der Waals surface area contributed by atoms with Crippen LogP contribution >= 0.6 is 0 Å². The summed E-state index contributed by atoms with van der Waals surface area (Å²) in [6, 6.07) is 0.692. The minimum atomic E-state index is -0.308. The fourth-order valence-corrected chi connectivity index (χ4v) is 2.20. The van der Waals surface area contributed by atoms with Gasteiger partial charge in [-0.2, -0.15) is 0 Å². The fraction of sp³-hybridized carbons (Fsp3) is 0.909. The van der Waals surface area contributed by atoms with E-state index in [0.717, 1.165) is 39.3 Å². The maximum atomic E-state index is 11.9. The van der Waals surface area contributed by atoms with Crippen molar-refractivity contribution in [3.63, 3.8) is 0 Å². The molecule has 0 aromatic carbocycles. The Morgan fingerprint density at radius 1 is 1.31 bits per heavy atom. The molecule has 0 saturated carbocycles. The first-order valence-electron chi connectivity index (χ1n) is 5.98. The second-order valence-corrected chi connectivity index (χ2v) is 4.55. The van der Waals surface area contributed by atoms with Crippen molar-refractivity contribution in [2.75, 3.05) is 46.4 Å². The summed E-state index contributed by atoms with van der Waals surface area (Å²) >= 11 is 0. The first-order valence-corrected chi connectivity index (χ1v) is 5.98. The molecule has 2 heterocycles. The smallest absolute Gasteiger partial charge is 0.251 e. The number of carbonyl (C=O) groups is 1. The zero-order valence-corrected chi connectivity index (χ0v) is 10.1. The molecular weight excluding hydrogens is 206 g/mol. The van der Waals surface area contributed by atoms with E-state index in [4.69, 9.17) is 4.74 Å². The van der Waals surface area contributed by atoms with Crippen LogP contribution in [0.5, 0.6) is 0 Å². The topological polar surface area (TPSA) is 44.8 Å². The van der Waals surface area contributed by atoms with Crippen molar-refractivity contribution in [3.05, 3.63) is 0 Å². The van der Waals surface area contributed by atoms with Crippen LogP contribution in [0.3, 0.4) is 0 Å². The van der Waals surface area contributed by atoms with Gasteiger partial charge in [0.15, 0.2) is 0 Å². The molecule has 2 fully saturated rings. The first-order chi connectivity index (χ1) is 7.72. The Hall–Kier alpha value is -0.650. The molecule has 1 unspecified atom stereocenters. The number of piperazine rings is 1. The van der Waals surface area contributed by atoms with Gasteiger partial charge in [-0.15, -0.1) is 0 Å². The third-order valence-corrected chi connectivity index (χ3v) is 3.60. The van der Waals surface area contributed by atoms with Crippen LogP contribution in [0.4, 0.5) is 0 Å². The van der Waals surface area contributed by atoms with E-state index in [2.05, 4.69) is 10.2 Å². The molecule has 1 N–H and O–H groups in total. The highest BCUT2D eigenvalue weighted by Crippen LogP contribution is 2.10. The van der Waals surface area contributed by atoms with E-state index in [-0.39, 0.29) is 12.0 Å². The van der Waals surface area contributed by atoms with Crippen LogP contribution in [0.1, 0.15) is 6.92 Å². The Labute approximate surface area is 96.7 Å². The molecule has 0 aliphatic carbocycles. The minimum absolute atomic E-state index is 0.119. The molecule has 2 aliphatic heterocycles.